The lowest BCUT2D eigenvalue weighted by Gasteiger charge is -2.26. The summed E-state index contributed by atoms with van der Waals surface area (Å²) in [6.07, 6.45) is 1.29. The molecule has 0 spiro atoms. The van der Waals surface area contributed by atoms with Gasteiger partial charge in [-0.15, -0.1) is 0 Å². The minimum Gasteiger partial charge on any atom is -0.229 e. The summed E-state index contributed by atoms with van der Waals surface area (Å²) in [5.41, 5.74) is 0.0864. The number of sulfone groups is 1. The predicted octanol–water partition coefficient (Wildman–Crippen LogP) is 1.71. The lowest BCUT2D eigenvalue weighted by molar-refractivity contribution is 0.285. The van der Waals surface area contributed by atoms with Crippen molar-refractivity contribution < 1.29 is 8.42 Å². The fraction of sp³-hybridized carbons (Fsp3) is 1.00. The number of hydrogen-bond donors (Lipinski definition) is 0. The first-order valence-corrected chi connectivity index (χ1v) is 5.87. The van der Waals surface area contributed by atoms with Crippen LogP contribution in [0.2, 0.25) is 0 Å². The van der Waals surface area contributed by atoms with Crippen molar-refractivity contribution in [2.75, 3.05) is 12.0 Å². The zero-order valence-corrected chi connectivity index (χ0v) is 8.83. The van der Waals surface area contributed by atoms with Gasteiger partial charge in [-0.05, 0) is 11.3 Å². The average molecular weight is 178 g/mol. The van der Waals surface area contributed by atoms with Gasteiger partial charge in [0, 0.05) is 6.26 Å². The van der Waals surface area contributed by atoms with Crippen LogP contribution in [0, 0.1) is 11.3 Å². The van der Waals surface area contributed by atoms with Gasteiger partial charge in [0.05, 0.1) is 5.75 Å². The van der Waals surface area contributed by atoms with Gasteiger partial charge >= 0.3 is 0 Å². The molecule has 0 aliphatic rings. The van der Waals surface area contributed by atoms with Crippen molar-refractivity contribution in [2.24, 2.45) is 11.3 Å². The molecule has 1 unspecified atom stereocenters. The molecule has 0 aliphatic carbocycles. The number of rotatable bonds is 2. The first-order valence-electron chi connectivity index (χ1n) is 3.80. The molecular formula is C8H18O2S. The van der Waals surface area contributed by atoms with Crippen LogP contribution >= 0.6 is 0 Å². The summed E-state index contributed by atoms with van der Waals surface area (Å²) in [6.45, 7) is 8.15. The molecule has 68 valence electrons. The molecule has 0 rings (SSSR count). The van der Waals surface area contributed by atoms with E-state index in [1.165, 1.54) is 6.26 Å². The van der Waals surface area contributed by atoms with E-state index in [1.54, 1.807) is 0 Å². The van der Waals surface area contributed by atoms with Gasteiger partial charge in [-0.25, -0.2) is 8.42 Å². The Labute approximate surface area is 69.9 Å². The fourth-order valence-electron chi connectivity index (χ4n) is 0.704. The summed E-state index contributed by atoms with van der Waals surface area (Å²) in [6, 6.07) is 0. The van der Waals surface area contributed by atoms with E-state index >= 15 is 0 Å². The normalized spacial score (nSPS) is 16.5. The second kappa shape index (κ2) is 3.13. The van der Waals surface area contributed by atoms with Gasteiger partial charge in [-0.3, -0.25) is 0 Å². The van der Waals surface area contributed by atoms with E-state index in [-0.39, 0.29) is 17.1 Å². The lowest BCUT2D eigenvalue weighted by Crippen LogP contribution is -2.24. The molecule has 0 aromatic carbocycles. The third-order valence-corrected chi connectivity index (χ3v) is 3.14. The Balaban J connectivity index is 4.21. The maximum atomic E-state index is 10.9. The first-order chi connectivity index (χ1) is 4.63. The summed E-state index contributed by atoms with van der Waals surface area (Å²) in [5.74, 6) is 0.508. The van der Waals surface area contributed by atoms with E-state index in [0.29, 0.717) is 0 Å². The van der Waals surface area contributed by atoms with E-state index in [2.05, 4.69) is 20.8 Å². The molecule has 1 atom stereocenters. The van der Waals surface area contributed by atoms with E-state index in [9.17, 15) is 8.42 Å². The summed E-state index contributed by atoms with van der Waals surface area (Å²) < 4.78 is 21.8. The quantitative estimate of drug-likeness (QED) is 0.645. The molecule has 0 saturated heterocycles. The Hall–Kier alpha value is -0.0500. The van der Waals surface area contributed by atoms with E-state index in [4.69, 9.17) is 0 Å². The smallest absolute Gasteiger partial charge is 0.147 e. The third-order valence-electron chi connectivity index (χ3n) is 2.03. The van der Waals surface area contributed by atoms with Gasteiger partial charge in [0.15, 0.2) is 0 Å². The van der Waals surface area contributed by atoms with Crippen molar-refractivity contribution in [1.29, 1.82) is 0 Å². The molecule has 0 aromatic rings. The number of hydrogen-bond acceptors (Lipinski definition) is 2. The van der Waals surface area contributed by atoms with E-state index in [0.717, 1.165) is 0 Å². The third kappa shape index (κ3) is 5.24. The highest BCUT2D eigenvalue weighted by atomic mass is 32.2. The molecule has 0 amide bonds. The lowest BCUT2D eigenvalue weighted by atomic mass is 9.83. The monoisotopic (exact) mass is 178 g/mol. The fourth-order valence-corrected chi connectivity index (χ4v) is 2.11. The van der Waals surface area contributed by atoms with Crippen LogP contribution in [-0.2, 0) is 9.84 Å². The van der Waals surface area contributed by atoms with Crippen LogP contribution in [0.5, 0.6) is 0 Å². The highest BCUT2D eigenvalue weighted by molar-refractivity contribution is 7.90. The average Bonchev–Trinajstić information content (AvgIpc) is 1.56. The molecule has 2 nitrogen and oxygen atoms in total. The second-order valence-corrected chi connectivity index (χ2v) is 6.54. The van der Waals surface area contributed by atoms with E-state index < -0.39 is 9.84 Å². The minimum atomic E-state index is -2.81. The van der Waals surface area contributed by atoms with Crippen molar-refractivity contribution in [3.63, 3.8) is 0 Å². The molecule has 0 heterocycles. The molecule has 0 aromatic heterocycles. The Morgan fingerprint density at radius 2 is 1.64 bits per heavy atom. The van der Waals surface area contributed by atoms with Crippen LogP contribution in [0.25, 0.3) is 0 Å². The van der Waals surface area contributed by atoms with Crippen LogP contribution in [-0.4, -0.2) is 20.4 Å². The predicted molar refractivity (Wildman–Crippen MR) is 48.3 cm³/mol. The van der Waals surface area contributed by atoms with Crippen LogP contribution in [0.15, 0.2) is 0 Å². The Kier molecular flexibility index (Phi) is 3.12. The summed E-state index contributed by atoms with van der Waals surface area (Å²) in [4.78, 5) is 0. The molecule has 0 saturated carbocycles. The molecule has 3 heteroatoms. The van der Waals surface area contributed by atoms with Gasteiger partial charge in [0.25, 0.3) is 0 Å². The molecule has 0 N–H and O–H groups in total. The zero-order chi connectivity index (χ0) is 9.28. The zero-order valence-electron chi connectivity index (χ0n) is 8.01. The maximum absolute atomic E-state index is 10.9. The molecule has 0 fully saturated rings. The highest BCUT2D eigenvalue weighted by Crippen LogP contribution is 2.26. The van der Waals surface area contributed by atoms with Crippen molar-refractivity contribution in [3.05, 3.63) is 0 Å². The van der Waals surface area contributed by atoms with Crippen molar-refractivity contribution in [1.82, 2.24) is 0 Å². The van der Waals surface area contributed by atoms with Crippen molar-refractivity contribution in [2.45, 2.75) is 27.7 Å². The Morgan fingerprint density at radius 3 is 1.73 bits per heavy atom. The minimum absolute atomic E-state index is 0.0864. The highest BCUT2D eigenvalue weighted by Gasteiger charge is 2.23. The van der Waals surface area contributed by atoms with Gasteiger partial charge in [-0.2, -0.15) is 0 Å². The van der Waals surface area contributed by atoms with Crippen molar-refractivity contribution in [3.8, 4) is 0 Å². The molecule has 0 aliphatic heterocycles. The van der Waals surface area contributed by atoms with Crippen LogP contribution in [0.3, 0.4) is 0 Å². The van der Waals surface area contributed by atoms with Crippen LogP contribution < -0.4 is 0 Å². The van der Waals surface area contributed by atoms with Gasteiger partial charge in [0.2, 0.25) is 0 Å². The molecular weight excluding hydrogens is 160 g/mol. The summed E-state index contributed by atoms with van der Waals surface area (Å²) >= 11 is 0. The van der Waals surface area contributed by atoms with E-state index in [1.807, 2.05) is 6.92 Å². The van der Waals surface area contributed by atoms with Crippen LogP contribution in [0.4, 0.5) is 0 Å². The SMILES string of the molecule is CC(CS(C)(=O)=O)C(C)(C)C. The second-order valence-electron chi connectivity index (χ2n) is 4.36. The summed E-state index contributed by atoms with van der Waals surface area (Å²) in [7, 11) is -2.81. The standard InChI is InChI=1S/C8H18O2S/c1-7(8(2,3)4)6-11(5,9)10/h7H,6H2,1-5H3. The maximum Gasteiger partial charge on any atom is 0.147 e. The largest absolute Gasteiger partial charge is 0.229 e. The molecule has 11 heavy (non-hydrogen) atoms. The first kappa shape index (κ1) is 11.0. The van der Waals surface area contributed by atoms with Crippen molar-refractivity contribution >= 4 is 9.84 Å². The summed E-state index contributed by atoms with van der Waals surface area (Å²) in [5, 5.41) is 0. The Bertz CT molecular complexity index is 209. The van der Waals surface area contributed by atoms with Gasteiger partial charge in [0.1, 0.15) is 9.84 Å². The van der Waals surface area contributed by atoms with Gasteiger partial charge < -0.3 is 0 Å². The van der Waals surface area contributed by atoms with Gasteiger partial charge in [-0.1, -0.05) is 27.7 Å². The Morgan fingerprint density at radius 1 is 1.27 bits per heavy atom. The van der Waals surface area contributed by atoms with Crippen LogP contribution in [0.1, 0.15) is 27.7 Å². The molecule has 0 radical (unpaired) electrons. The molecule has 0 bridgehead atoms. The topological polar surface area (TPSA) is 34.1 Å².